The number of piperazine rings is 1. The lowest BCUT2D eigenvalue weighted by Gasteiger charge is -2.33. The van der Waals surface area contributed by atoms with Gasteiger partial charge in [-0.1, -0.05) is 12.8 Å². The van der Waals surface area contributed by atoms with Crippen molar-refractivity contribution in [2.45, 2.75) is 38.1 Å². The summed E-state index contributed by atoms with van der Waals surface area (Å²) in [6.07, 6.45) is 3.82. The standard InChI is InChI=1S/C17H29N5O2/c1-21-8-10-22(11-9-21)7-6-13(12-18)20-17(24)15-5-3-2-4-14(15)16(19)23/h13-15H,2-11H2,1H3,(H2,19,23)(H,20,24)/t13-,14-,15+/m0/s1. The second kappa shape index (κ2) is 9.00. The van der Waals surface area contributed by atoms with Gasteiger partial charge >= 0.3 is 0 Å². The monoisotopic (exact) mass is 335 g/mol. The fourth-order valence-electron chi connectivity index (χ4n) is 3.62. The van der Waals surface area contributed by atoms with Crippen LogP contribution in [0.15, 0.2) is 0 Å². The Morgan fingerprint density at radius 3 is 2.42 bits per heavy atom. The first-order valence-corrected chi connectivity index (χ1v) is 8.91. The molecule has 0 radical (unpaired) electrons. The van der Waals surface area contributed by atoms with Crippen molar-refractivity contribution in [3.05, 3.63) is 0 Å². The van der Waals surface area contributed by atoms with Crippen molar-refractivity contribution in [1.29, 1.82) is 5.26 Å². The molecule has 2 aliphatic rings. The summed E-state index contributed by atoms with van der Waals surface area (Å²) in [4.78, 5) is 28.6. The van der Waals surface area contributed by atoms with Crippen molar-refractivity contribution in [2.24, 2.45) is 17.6 Å². The normalized spacial score (nSPS) is 27.2. The zero-order valence-corrected chi connectivity index (χ0v) is 14.5. The Bertz CT molecular complexity index is 482. The second-order valence-electron chi connectivity index (χ2n) is 7.02. The summed E-state index contributed by atoms with van der Waals surface area (Å²) in [5.41, 5.74) is 5.43. The summed E-state index contributed by atoms with van der Waals surface area (Å²) in [6, 6.07) is 1.67. The van der Waals surface area contributed by atoms with Crippen LogP contribution < -0.4 is 11.1 Å². The minimum Gasteiger partial charge on any atom is -0.369 e. The third-order valence-electron chi connectivity index (χ3n) is 5.27. The Labute approximate surface area is 144 Å². The van der Waals surface area contributed by atoms with Crippen LogP contribution >= 0.6 is 0 Å². The number of nitrogens with one attached hydrogen (secondary N) is 1. The van der Waals surface area contributed by atoms with Crippen molar-refractivity contribution >= 4 is 11.8 Å². The molecule has 1 heterocycles. The molecule has 7 nitrogen and oxygen atoms in total. The van der Waals surface area contributed by atoms with Crippen LogP contribution in [0.2, 0.25) is 0 Å². The Morgan fingerprint density at radius 1 is 1.21 bits per heavy atom. The number of hydrogen-bond donors (Lipinski definition) is 2. The average Bonchev–Trinajstić information content (AvgIpc) is 2.59. The largest absolute Gasteiger partial charge is 0.369 e. The lowest BCUT2D eigenvalue weighted by Crippen LogP contribution is -2.48. The minimum atomic E-state index is -0.507. The van der Waals surface area contributed by atoms with Crippen molar-refractivity contribution in [1.82, 2.24) is 15.1 Å². The molecule has 0 unspecified atom stereocenters. The van der Waals surface area contributed by atoms with Crippen LogP contribution in [-0.2, 0) is 9.59 Å². The number of nitriles is 1. The number of hydrogen-bond acceptors (Lipinski definition) is 5. The number of amides is 2. The van der Waals surface area contributed by atoms with Crippen LogP contribution in [0, 0.1) is 23.2 Å². The quantitative estimate of drug-likeness (QED) is 0.707. The molecule has 1 saturated carbocycles. The minimum absolute atomic E-state index is 0.191. The van der Waals surface area contributed by atoms with E-state index in [1.54, 1.807) is 0 Å². The highest BCUT2D eigenvalue weighted by Crippen LogP contribution is 2.30. The molecule has 0 aromatic carbocycles. The molecule has 1 aliphatic heterocycles. The zero-order valence-electron chi connectivity index (χ0n) is 14.5. The number of nitrogens with zero attached hydrogens (tertiary/aromatic N) is 3. The van der Waals surface area contributed by atoms with E-state index < -0.39 is 17.9 Å². The maximum Gasteiger partial charge on any atom is 0.224 e. The Kier molecular flexibility index (Phi) is 7.00. The summed E-state index contributed by atoms with van der Waals surface area (Å²) >= 11 is 0. The Balaban J connectivity index is 1.81. The lowest BCUT2D eigenvalue weighted by molar-refractivity contribution is -0.135. The van der Waals surface area contributed by atoms with E-state index in [1.807, 2.05) is 0 Å². The zero-order chi connectivity index (χ0) is 17.5. The van der Waals surface area contributed by atoms with Gasteiger partial charge in [0.25, 0.3) is 0 Å². The molecule has 2 amide bonds. The van der Waals surface area contributed by atoms with E-state index in [1.165, 1.54) is 0 Å². The van der Waals surface area contributed by atoms with E-state index in [-0.39, 0.29) is 11.8 Å². The first-order valence-electron chi connectivity index (χ1n) is 8.91. The fraction of sp³-hybridized carbons (Fsp3) is 0.824. The molecule has 3 N–H and O–H groups in total. The maximum absolute atomic E-state index is 12.5. The number of nitrogens with two attached hydrogens (primary N) is 1. The SMILES string of the molecule is CN1CCN(CC[C@@H](C#N)NC(=O)[C@@H]2CCCC[C@@H]2C(N)=O)CC1. The van der Waals surface area contributed by atoms with Gasteiger partial charge in [0.05, 0.1) is 6.07 Å². The highest BCUT2D eigenvalue weighted by molar-refractivity contribution is 5.87. The third-order valence-corrected chi connectivity index (χ3v) is 5.27. The Morgan fingerprint density at radius 2 is 1.83 bits per heavy atom. The second-order valence-corrected chi connectivity index (χ2v) is 7.02. The van der Waals surface area contributed by atoms with Gasteiger partial charge in [0.2, 0.25) is 11.8 Å². The molecule has 7 heteroatoms. The van der Waals surface area contributed by atoms with Gasteiger partial charge in [-0.25, -0.2) is 0 Å². The van der Waals surface area contributed by atoms with Gasteiger partial charge in [-0.3, -0.25) is 9.59 Å². The number of primary amides is 1. The van der Waals surface area contributed by atoms with Gasteiger partial charge in [0, 0.05) is 44.6 Å². The summed E-state index contributed by atoms with van der Waals surface area (Å²) in [5.74, 6) is -1.37. The van der Waals surface area contributed by atoms with E-state index >= 15 is 0 Å². The molecular formula is C17H29N5O2. The predicted molar refractivity (Wildman–Crippen MR) is 90.7 cm³/mol. The average molecular weight is 335 g/mol. The lowest BCUT2D eigenvalue weighted by atomic mass is 9.78. The van der Waals surface area contributed by atoms with Gasteiger partial charge in [-0.2, -0.15) is 5.26 Å². The molecule has 2 rings (SSSR count). The van der Waals surface area contributed by atoms with Crippen LogP contribution in [0.3, 0.4) is 0 Å². The molecule has 2 fully saturated rings. The summed E-state index contributed by atoms with van der Waals surface area (Å²) in [5, 5.41) is 12.2. The summed E-state index contributed by atoms with van der Waals surface area (Å²) in [6.45, 7) is 4.86. The van der Waals surface area contributed by atoms with E-state index in [0.717, 1.165) is 45.6 Å². The van der Waals surface area contributed by atoms with Crippen molar-refractivity contribution in [3.63, 3.8) is 0 Å². The first-order chi connectivity index (χ1) is 11.5. The van der Waals surface area contributed by atoms with E-state index in [4.69, 9.17) is 5.73 Å². The van der Waals surface area contributed by atoms with E-state index in [9.17, 15) is 14.9 Å². The van der Waals surface area contributed by atoms with E-state index in [0.29, 0.717) is 19.3 Å². The first kappa shape index (κ1) is 18.7. The molecule has 1 saturated heterocycles. The van der Waals surface area contributed by atoms with Gasteiger partial charge < -0.3 is 20.9 Å². The van der Waals surface area contributed by atoms with Crippen LogP contribution in [0.1, 0.15) is 32.1 Å². The topological polar surface area (TPSA) is 102 Å². The summed E-state index contributed by atoms with van der Waals surface area (Å²) < 4.78 is 0. The van der Waals surface area contributed by atoms with E-state index in [2.05, 4.69) is 28.2 Å². The highest BCUT2D eigenvalue weighted by atomic mass is 16.2. The number of likely N-dealkylation sites (N-methyl/N-ethyl adjacent to an activating group) is 1. The molecule has 0 bridgehead atoms. The molecule has 24 heavy (non-hydrogen) atoms. The number of carbonyl (C=O) groups excluding carboxylic acids is 2. The molecular weight excluding hydrogens is 306 g/mol. The van der Waals surface area contributed by atoms with Crippen molar-refractivity contribution in [2.75, 3.05) is 39.8 Å². The van der Waals surface area contributed by atoms with Gasteiger partial charge in [0.1, 0.15) is 6.04 Å². The smallest absolute Gasteiger partial charge is 0.224 e. The molecule has 1 aliphatic carbocycles. The van der Waals surface area contributed by atoms with Gasteiger partial charge in [0.15, 0.2) is 0 Å². The predicted octanol–water partition coefficient (Wildman–Crippen LogP) is -0.0760. The van der Waals surface area contributed by atoms with Crippen molar-refractivity contribution < 1.29 is 9.59 Å². The highest BCUT2D eigenvalue weighted by Gasteiger charge is 2.35. The van der Waals surface area contributed by atoms with Crippen LogP contribution in [0.4, 0.5) is 0 Å². The third kappa shape index (κ3) is 5.18. The molecule has 0 aromatic heterocycles. The van der Waals surface area contributed by atoms with Gasteiger partial charge in [-0.15, -0.1) is 0 Å². The Hall–Kier alpha value is -1.65. The van der Waals surface area contributed by atoms with Crippen LogP contribution in [-0.4, -0.2) is 67.4 Å². The molecule has 0 spiro atoms. The maximum atomic E-state index is 12.5. The fourth-order valence-corrected chi connectivity index (χ4v) is 3.62. The molecule has 3 atom stereocenters. The van der Waals surface area contributed by atoms with Crippen molar-refractivity contribution in [3.8, 4) is 6.07 Å². The molecule has 0 aromatic rings. The van der Waals surface area contributed by atoms with Crippen LogP contribution in [0.5, 0.6) is 0 Å². The van der Waals surface area contributed by atoms with Crippen LogP contribution in [0.25, 0.3) is 0 Å². The number of rotatable bonds is 6. The van der Waals surface area contributed by atoms with Gasteiger partial charge in [-0.05, 0) is 26.3 Å². The number of carbonyl (C=O) groups is 2. The molecule has 134 valence electrons. The summed E-state index contributed by atoms with van der Waals surface area (Å²) in [7, 11) is 2.11.